The van der Waals surface area contributed by atoms with Gasteiger partial charge in [0.2, 0.25) is 0 Å². The van der Waals surface area contributed by atoms with Crippen molar-refractivity contribution in [2.75, 3.05) is 32.1 Å². The molecule has 0 unspecified atom stereocenters. The minimum absolute atomic E-state index is 0.0418. The maximum absolute atomic E-state index is 12.6. The van der Waals surface area contributed by atoms with Gasteiger partial charge < -0.3 is 20.3 Å². The third-order valence-corrected chi connectivity index (χ3v) is 3.12. The lowest BCUT2D eigenvalue weighted by Crippen LogP contribution is -2.39. The van der Waals surface area contributed by atoms with Gasteiger partial charge in [-0.3, -0.25) is 4.79 Å². The molecule has 21 heavy (non-hydrogen) atoms. The molecule has 0 bridgehead atoms. The molecule has 0 atom stereocenters. The molecule has 1 aromatic rings. The Labute approximate surface area is 126 Å². The molecule has 0 spiro atoms. The van der Waals surface area contributed by atoms with Crippen molar-refractivity contribution in [3.8, 4) is 0 Å². The second-order valence-corrected chi connectivity index (χ2v) is 4.97. The number of hydrogen-bond donors (Lipinski definition) is 2. The van der Waals surface area contributed by atoms with Crippen LogP contribution in [0.25, 0.3) is 0 Å². The smallest absolute Gasteiger partial charge is 0.263 e. The van der Waals surface area contributed by atoms with Gasteiger partial charge in [-0.15, -0.1) is 0 Å². The number of benzene rings is 1. The van der Waals surface area contributed by atoms with Gasteiger partial charge in [-0.05, 0) is 32.6 Å². The van der Waals surface area contributed by atoms with Crippen LogP contribution < -0.4 is 4.90 Å². The van der Waals surface area contributed by atoms with Crippen LogP contribution >= 0.6 is 0 Å². The standard InChI is InChI=1S/C16H23N3O2/c1-4-15(17)14(12-20)16(21)19(11-10-18(2)3)13-8-6-5-7-9-13/h5-9,12,17,20H,4,10-11H2,1-3H3/b14-12+,17-15?. The molecular formula is C16H23N3O2. The zero-order chi connectivity index (χ0) is 15.8. The summed E-state index contributed by atoms with van der Waals surface area (Å²) in [6.45, 7) is 2.97. The van der Waals surface area contributed by atoms with Crippen LogP contribution in [-0.2, 0) is 4.79 Å². The Morgan fingerprint density at radius 3 is 2.33 bits per heavy atom. The van der Waals surface area contributed by atoms with Gasteiger partial charge in [0.25, 0.3) is 5.91 Å². The van der Waals surface area contributed by atoms with Crippen molar-refractivity contribution < 1.29 is 9.90 Å². The van der Waals surface area contributed by atoms with Gasteiger partial charge in [-0.25, -0.2) is 0 Å². The van der Waals surface area contributed by atoms with E-state index in [0.29, 0.717) is 19.5 Å². The first-order chi connectivity index (χ1) is 10.0. The van der Waals surface area contributed by atoms with E-state index < -0.39 is 0 Å². The molecule has 0 fully saturated rings. The Kier molecular flexibility index (Phi) is 6.62. The van der Waals surface area contributed by atoms with Gasteiger partial charge in [0.05, 0.1) is 11.8 Å². The van der Waals surface area contributed by atoms with Gasteiger partial charge in [0, 0.05) is 24.5 Å². The largest absolute Gasteiger partial charge is 0.515 e. The topological polar surface area (TPSA) is 67.6 Å². The van der Waals surface area contributed by atoms with Crippen LogP contribution in [0, 0.1) is 5.41 Å². The molecular weight excluding hydrogens is 266 g/mol. The molecule has 5 heteroatoms. The van der Waals surface area contributed by atoms with Crippen LogP contribution in [-0.4, -0.2) is 48.8 Å². The fraction of sp³-hybridized carbons (Fsp3) is 0.375. The lowest BCUT2D eigenvalue weighted by Gasteiger charge is -2.25. The molecule has 0 aromatic heterocycles. The molecule has 1 aromatic carbocycles. The van der Waals surface area contributed by atoms with Crippen LogP contribution in [0.1, 0.15) is 13.3 Å². The molecule has 0 heterocycles. The van der Waals surface area contributed by atoms with Crippen LogP contribution in [0.2, 0.25) is 0 Å². The van der Waals surface area contributed by atoms with E-state index in [1.54, 1.807) is 11.8 Å². The highest BCUT2D eigenvalue weighted by atomic mass is 16.2. The normalized spacial score (nSPS) is 11.5. The molecule has 2 N–H and O–H groups in total. The summed E-state index contributed by atoms with van der Waals surface area (Å²) < 4.78 is 0. The molecule has 0 aliphatic carbocycles. The maximum Gasteiger partial charge on any atom is 0.263 e. The number of para-hydroxylation sites is 1. The summed E-state index contributed by atoms with van der Waals surface area (Å²) in [5.41, 5.74) is 0.931. The van der Waals surface area contributed by atoms with E-state index in [0.717, 1.165) is 11.9 Å². The number of hydrogen-bond acceptors (Lipinski definition) is 4. The summed E-state index contributed by atoms with van der Waals surface area (Å²) in [4.78, 5) is 16.2. The van der Waals surface area contributed by atoms with Crippen molar-refractivity contribution in [2.45, 2.75) is 13.3 Å². The number of aliphatic hydroxyl groups excluding tert-OH is 1. The summed E-state index contributed by atoms with van der Waals surface area (Å²) in [7, 11) is 3.87. The molecule has 5 nitrogen and oxygen atoms in total. The number of nitrogens with zero attached hydrogens (tertiary/aromatic N) is 2. The number of amides is 1. The number of rotatable bonds is 7. The van der Waals surface area contributed by atoms with Gasteiger partial charge in [-0.2, -0.15) is 0 Å². The Morgan fingerprint density at radius 1 is 1.24 bits per heavy atom. The zero-order valence-corrected chi connectivity index (χ0v) is 12.8. The molecule has 0 saturated carbocycles. The van der Waals surface area contributed by atoms with Crippen molar-refractivity contribution in [3.05, 3.63) is 42.2 Å². The van der Waals surface area contributed by atoms with Gasteiger partial charge >= 0.3 is 0 Å². The van der Waals surface area contributed by atoms with Crippen molar-refractivity contribution in [1.29, 1.82) is 5.41 Å². The SMILES string of the molecule is CCC(=N)/C(=C\O)C(=O)N(CCN(C)C)c1ccccc1. The van der Waals surface area contributed by atoms with E-state index in [9.17, 15) is 9.90 Å². The van der Waals surface area contributed by atoms with Crippen molar-refractivity contribution in [2.24, 2.45) is 0 Å². The molecule has 0 radical (unpaired) electrons. The third-order valence-electron chi connectivity index (χ3n) is 3.12. The highest BCUT2D eigenvalue weighted by Crippen LogP contribution is 2.17. The van der Waals surface area contributed by atoms with Crippen LogP contribution in [0.3, 0.4) is 0 Å². The van der Waals surface area contributed by atoms with Gasteiger partial charge in [0.1, 0.15) is 0 Å². The van der Waals surface area contributed by atoms with Gasteiger partial charge in [0.15, 0.2) is 0 Å². The van der Waals surface area contributed by atoms with Crippen LogP contribution in [0.15, 0.2) is 42.2 Å². The first-order valence-electron chi connectivity index (χ1n) is 6.95. The summed E-state index contributed by atoms with van der Waals surface area (Å²) in [6.07, 6.45) is 1.13. The third kappa shape index (κ3) is 4.72. The van der Waals surface area contributed by atoms with Crippen LogP contribution in [0.4, 0.5) is 5.69 Å². The Bertz CT molecular complexity index is 510. The first kappa shape index (κ1) is 16.9. The highest BCUT2D eigenvalue weighted by molar-refractivity contribution is 6.24. The maximum atomic E-state index is 12.6. The average Bonchev–Trinajstić information content (AvgIpc) is 2.48. The predicted octanol–water partition coefficient (Wildman–Crippen LogP) is 2.45. The second kappa shape index (κ2) is 8.21. The van der Waals surface area contributed by atoms with E-state index in [1.807, 2.05) is 49.3 Å². The van der Waals surface area contributed by atoms with E-state index in [-0.39, 0.29) is 17.2 Å². The fourth-order valence-electron chi connectivity index (χ4n) is 1.85. The van der Waals surface area contributed by atoms with E-state index >= 15 is 0 Å². The summed E-state index contributed by atoms with van der Waals surface area (Å²) >= 11 is 0. The number of anilines is 1. The van der Waals surface area contributed by atoms with Crippen LogP contribution in [0.5, 0.6) is 0 Å². The number of likely N-dealkylation sites (N-methyl/N-ethyl adjacent to an activating group) is 1. The number of carbonyl (C=O) groups excluding carboxylic acids is 1. The zero-order valence-electron chi connectivity index (χ0n) is 12.8. The molecule has 0 saturated heterocycles. The first-order valence-corrected chi connectivity index (χ1v) is 6.95. The molecule has 1 amide bonds. The monoisotopic (exact) mass is 289 g/mol. The fourth-order valence-corrected chi connectivity index (χ4v) is 1.85. The molecule has 0 aliphatic heterocycles. The second-order valence-electron chi connectivity index (χ2n) is 4.97. The van der Waals surface area contributed by atoms with Crippen molar-refractivity contribution in [3.63, 3.8) is 0 Å². The Balaban J connectivity index is 3.06. The summed E-state index contributed by atoms with van der Waals surface area (Å²) in [6, 6.07) is 9.29. The lowest BCUT2D eigenvalue weighted by atomic mass is 10.1. The Hall–Kier alpha value is -2.14. The van der Waals surface area contributed by atoms with Crippen molar-refractivity contribution >= 4 is 17.3 Å². The van der Waals surface area contributed by atoms with E-state index in [4.69, 9.17) is 5.41 Å². The number of carbonyl (C=O) groups is 1. The molecule has 114 valence electrons. The Morgan fingerprint density at radius 2 is 1.86 bits per heavy atom. The van der Waals surface area contributed by atoms with E-state index in [2.05, 4.69) is 0 Å². The number of aliphatic hydroxyl groups is 1. The summed E-state index contributed by atoms with van der Waals surface area (Å²) in [5, 5.41) is 17.1. The van der Waals surface area contributed by atoms with Gasteiger partial charge in [-0.1, -0.05) is 25.1 Å². The van der Waals surface area contributed by atoms with E-state index in [1.165, 1.54) is 0 Å². The minimum Gasteiger partial charge on any atom is -0.515 e. The molecule has 1 rings (SSSR count). The number of nitrogens with one attached hydrogen (secondary N) is 1. The highest BCUT2D eigenvalue weighted by Gasteiger charge is 2.22. The quantitative estimate of drug-likeness (QED) is 0.460. The lowest BCUT2D eigenvalue weighted by molar-refractivity contribution is -0.114. The molecule has 0 aliphatic rings. The predicted molar refractivity (Wildman–Crippen MR) is 86.1 cm³/mol. The van der Waals surface area contributed by atoms with Crippen molar-refractivity contribution in [1.82, 2.24) is 4.90 Å². The summed E-state index contributed by atoms with van der Waals surface area (Å²) in [5.74, 6) is -0.350. The average molecular weight is 289 g/mol. The minimum atomic E-state index is -0.350.